The van der Waals surface area contributed by atoms with Crippen molar-refractivity contribution in [2.75, 3.05) is 0 Å². The number of hydrogen-bond acceptors (Lipinski definition) is 0. The van der Waals surface area contributed by atoms with Crippen molar-refractivity contribution < 1.29 is 26.2 Å². The quantitative estimate of drug-likeness (QED) is 0.617. The zero-order valence-electron chi connectivity index (χ0n) is 10.5. The summed E-state index contributed by atoms with van der Waals surface area (Å²) in [6, 6.07) is 0. The van der Waals surface area contributed by atoms with Gasteiger partial charge in [-0.05, 0) is 18.8 Å². The van der Waals surface area contributed by atoms with Crippen molar-refractivity contribution in [2.45, 2.75) is 38.5 Å². The SMILES string of the molecule is [C-]1=C(C2CCCCC2)C=CC1.[CH3-].[CH3-].[CH3-].[Zr+4]. The standard InChI is InChI=1S/C11H15.3CH3.Zr/c1-2-6-10(7-3-1)11-8-4-5-9-11;;;;/h4,8,10H,1-3,5-7H2;3*1H3;/q4*-1;+4. The Balaban J connectivity index is -0.000000360. The summed E-state index contributed by atoms with van der Waals surface area (Å²) in [6.07, 6.45) is 16.1. The fourth-order valence-corrected chi connectivity index (χ4v) is 2.12. The first-order chi connectivity index (χ1) is 5.47. The van der Waals surface area contributed by atoms with Crippen LogP contribution in [0.25, 0.3) is 0 Å². The fourth-order valence-electron chi connectivity index (χ4n) is 2.12. The van der Waals surface area contributed by atoms with Gasteiger partial charge in [-0.25, -0.2) is 11.6 Å². The predicted molar refractivity (Wildman–Crippen MR) is 66.3 cm³/mol. The van der Waals surface area contributed by atoms with Crippen LogP contribution in [-0.2, 0) is 26.2 Å². The summed E-state index contributed by atoms with van der Waals surface area (Å²) in [5.74, 6) is 0.863. The molecule has 0 amide bonds. The third-order valence-electron chi connectivity index (χ3n) is 2.77. The molecule has 0 N–H and O–H groups in total. The molecule has 0 bridgehead atoms. The van der Waals surface area contributed by atoms with E-state index in [2.05, 4.69) is 18.2 Å². The average molecular weight is 284 g/mol. The average Bonchev–Trinajstić information content (AvgIpc) is 2.58. The van der Waals surface area contributed by atoms with E-state index in [0.29, 0.717) is 0 Å². The van der Waals surface area contributed by atoms with Crippen molar-refractivity contribution in [2.24, 2.45) is 5.92 Å². The van der Waals surface area contributed by atoms with E-state index < -0.39 is 0 Å². The Morgan fingerprint density at radius 3 is 2.07 bits per heavy atom. The normalized spacial score (nSPS) is 18.8. The van der Waals surface area contributed by atoms with E-state index in [9.17, 15) is 0 Å². The first-order valence-corrected chi connectivity index (χ1v) is 4.74. The molecular formula is C14H24Zr. The van der Waals surface area contributed by atoms with Crippen molar-refractivity contribution in [3.63, 3.8) is 0 Å². The van der Waals surface area contributed by atoms with E-state index in [1.165, 1.54) is 37.7 Å². The first-order valence-electron chi connectivity index (χ1n) is 4.74. The van der Waals surface area contributed by atoms with Crippen LogP contribution in [0.15, 0.2) is 17.7 Å². The summed E-state index contributed by atoms with van der Waals surface area (Å²) in [4.78, 5) is 0. The second kappa shape index (κ2) is 10.9. The molecule has 0 aromatic rings. The van der Waals surface area contributed by atoms with Crippen LogP contribution in [-0.4, -0.2) is 0 Å². The Bertz CT molecular complexity index is 186. The molecule has 0 unspecified atom stereocenters. The molecule has 0 aromatic heterocycles. The van der Waals surface area contributed by atoms with E-state index in [0.717, 1.165) is 12.3 Å². The third-order valence-corrected chi connectivity index (χ3v) is 2.77. The van der Waals surface area contributed by atoms with Crippen molar-refractivity contribution in [3.05, 3.63) is 46.1 Å². The molecular weight excluding hydrogens is 259 g/mol. The Hall–Kier alpha value is 0.363. The van der Waals surface area contributed by atoms with Crippen molar-refractivity contribution in [1.82, 2.24) is 0 Å². The van der Waals surface area contributed by atoms with Gasteiger partial charge < -0.3 is 22.3 Å². The van der Waals surface area contributed by atoms with E-state index >= 15 is 0 Å². The fraction of sp³-hybridized carbons (Fsp3) is 0.500. The van der Waals surface area contributed by atoms with Gasteiger partial charge in [0.1, 0.15) is 0 Å². The minimum Gasteiger partial charge on any atom is -0.358 e. The maximum atomic E-state index is 3.43. The summed E-state index contributed by atoms with van der Waals surface area (Å²) in [5, 5.41) is 0. The zero-order valence-corrected chi connectivity index (χ0v) is 12.9. The Morgan fingerprint density at radius 1 is 1.00 bits per heavy atom. The van der Waals surface area contributed by atoms with Gasteiger partial charge in [0, 0.05) is 0 Å². The van der Waals surface area contributed by atoms with Gasteiger partial charge in [0.05, 0.1) is 0 Å². The van der Waals surface area contributed by atoms with Gasteiger partial charge in [-0.15, -0.1) is 6.42 Å². The number of rotatable bonds is 1. The molecule has 84 valence electrons. The van der Waals surface area contributed by atoms with E-state index in [1.54, 1.807) is 0 Å². The number of allylic oxidation sites excluding steroid dienone is 4. The van der Waals surface area contributed by atoms with Gasteiger partial charge in [0.25, 0.3) is 0 Å². The van der Waals surface area contributed by atoms with Crippen LogP contribution in [0.5, 0.6) is 0 Å². The molecule has 2 aliphatic carbocycles. The van der Waals surface area contributed by atoms with E-state index in [-0.39, 0.29) is 48.5 Å². The largest absolute Gasteiger partial charge is 4.00 e. The van der Waals surface area contributed by atoms with Gasteiger partial charge in [-0.2, -0.15) is 6.08 Å². The van der Waals surface area contributed by atoms with Crippen molar-refractivity contribution >= 4 is 0 Å². The van der Waals surface area contributed by atoms with Crippen LogP contribution in [0.3, 0.4) is 0 Å². The molecule has 1 saturated carbocycles. The molecule has 0 aliphatic heterocycles. The Kier molecular flexibility index (Phi) is 15.0. The molecule has 1 fully saturated rings. The van der Waals surface area contributed by atoms with Crippen LogP contribution >= 0.6 is 0 Å². The topological polar surface area (TPSA) is 0 Å². The molecule has 0 spiro atoms. The van der Waals surface area contributed by atoms with Crippen LogP contribution in [0.4, 0.5) is 0 Å². The molecule has 15 heavy (non-hydrogen) atoms. The maximum absolute atomic E-state index is 3.43. The molecule has 0 radical (unpaired) electrons. The second-order valence-corrected chi connectivity index (χ2v) is 3.57. The molecule has 0 aromatic carbocycles. The summed E-state index contributed by atoms with van der Waals surface area (Å²) in [7, 11) is 0. The predicted octanol–water partition coefficient (Wildman–Crippen LogP) is 4.60. The van der Waals surface area contributed by atoms with Gasteiger partial charge in [0.15, 0.2) is 0 Å². The molecule has 0 heterocycles. The monoisotopic (exact) mass is 282 g/mol. The summed E-state index contributed by atoms with van der Waals surface area (Å²) >= 11 is 0. The Morgan fingerprint density at radius 2 is 1.60 bits per heavy atom. The minimum absolute atomic E-state index is 0. The maximum Gasteiger partial charge on any atom is 4.00 e. The van der Waals surface area contributed by atoms with E-state index in [4.69, 9.17) is 0 Å². The summed E-state index contributed by atoms with van der Waals surface area (Å²) < 4.78 is 0. The molecule has 0 atom stereocenters. The second-order valence-electron chi connectivity index (χ2n) is 3.57. The van der Waals surface area contributed by atoms with E-state index in [1.807, 2.05) is 0 Å². The summed E-state index contributed by atoms with van der Waals surface area (Å²) in [5.41, 5.74) is 1.50. The molecule has 2 aliphatic rings. The van der Waals surface area contributed by atoms with Crippen molar-refractivity contribution in [3.8, 4) is 0 Å². The summed E-state index contributed by atoms with van der Waals surface area (Å²) in [6.45, 7) is 0. The van der Waals surface area contributed by atoms with Crippen LogP contribution in [0.1, 0.15) is 38.5 Å². The molecule has 1 heteroatoms. The Labute approximate surface area is 116 Å². The van der Waals surface area contributed by atoms with Crippen molar-refractivity contribution in [1.29, 1.82) is 0 Å². The molecule has 2 rings (SSSR count). The smallest absolute Gasteiger partial charge is 0.358 e. The van der Waals surface area contributed by atoms with Crippen LogP contribution in [0, 0.1) is 34.3 Å². The van der Waals surface area contributed by atoms with Gasteiger partial charge >= 0.3 is 26.2 Å². The van der Waals surface area contributed by atoms with Gasteiger partial charge in [-0.3, -0.25) is 6.08 Å². The molecule has 0 saturated heterocycles. The van der Waals surface area contributed by atoms with Gasteiger partial charge in [-0.1, -0.05) is 19.3 Å². The first kappa shape index (κ1) is 20.7. The third kappa shape index (κ3) is 5.86. The zero-order chi connectivity index (χ0) is 7.52. The van der Waals surface area contributed by atoms with Crippen LogP contribution < -0.4 is 0 Å². The molecule has 0 nitrogen and oxygen atoms in total. The van der Waals surface area contributed by atoms with Gasteiger partial charge in [0.2, 0.25) is 0 Å². The minimum atomic E-state index is 0. The van der Waals surface area contributed by atoms with Crippen LogP contribution in [0.2, 0.25) is 0 Å². The number of hydrogen-bond donors (Lipinski definition) is 0.